The Kier molecular flexibility index (Phi) is 7.22. The molecule has 0 aliphatic rings. The van der Waals surface area contributed by atoms with Gasteiger partial charge < -0.3 is 9.47 Å². The summed E-state index contributed by atoms with van der Waals surface area (Å²) in [6.07, 6.45) is 0.334. The van der Waals surface area contributed by atoms with E-state index < -0.39 is 0 Å². The van der Waals surface area contributed by atoms with E-state index in [1.807, 2.05) is 38.1 Å². The molecule has 0 N–H and O–H groups in total. The van der Waals surface area contributed by atoms with Gasteiger partial charge in [-0.1, -0.05) is 45.0 Å². The van der Waals surface area contributed by atoms with Gasteiger partial charge in [-0.05, 0) is 41.3 Å². The minimum absolute atomic E-state index is 0.192. The Morgan fingerprint density at radius 2 is 1.50 bits per heavy atom. The zero-order chi connectivity index (χ0) is 19.1. The van der Waals surface area contributed by atoms with Crippen molar-refractivity contribution in [3.63, 3.8) is 0 Å². The van der Waals surface area contributed by atoms with Crippen molar-refractivity contribution in [1.82, 2.24) is 0 Å². The van der Waals surface area contributed by atoms with Crippen molar-refractivity contribution in [2.45, 2.75) is 32.6 Å². The number of halogens is 1. The maximum atomic E-state index is 12.1. The van der Waals surface area contributed by atoms with Crippen molar-refractivity contribution < 1.29 is 19.1 Å². The molecule has 0 spiro atoms. The van der Waals surface area contributed by atoms with E-state index in [2.05, 4.69) is 0 Å². The van der Waals surface area contributed by atoms with E-state index in [-0.39, 0.29) is 29.8 Å². The smallest absolute Gasteiger partial charge is 0.338 e. The molecule has 0 bridgehead atoms. The van der Waals surface area contributed by atoms with Crippen LogP contribution in [-0.4, -0.2) is 23.9 Å². The molecular formula is C21H23ClO4. The van der Waals surface area contributed by atoms with Crippen molar-refractivity contribution in [2.24, 2.45) is 5.92 Å². The van der Waals surface area contributed by atoms with Crippen LogP contribution in [0.1, 0.15) is 37.6 Å². The van der Waals surface area contributed by atoms with Gasteiger partial charge >= 0.3 is 11.9 Å². The Bertz CT molecular complexity index is 736. The van der Waals surface area contributed by atoms with Crippen LogP contribution in [-0.2, 0) is 9.53 Å². The van der Waals surface area contributed by atoms with Gasteiger partial charge in [0.1, 0.15) is 12.4 Å². The van der Waals surface area contributed by atoms with Gasteiger partial charge in [0.15, 0.2) is 0 Å². The Morgan fingerprint density at radius 1 is 0.962 bits per heavy atom. The highest BCUT2D eigenvalue weighted by Crippen LogP contribution is 2.23. The van der Waals surface area contributed by atoms with Gasteiger partial charge in [0, 0.05) is 6.42 Å². The Hall–Kier alpha value is -2.33. The van der Waals surface area contributed by atoms with Crippen LogP contribution in [0.5, 0.6) is 5.75 Å². The quantitative estimate of drug-likeness (QED) is 0.385. The van der Waals surface area contributed by atoms with Crippen LogP contribution in [0.4, 0.5) is 0 Å². The number of carbonyl (C=O) groups excluding carboxylic acids is 2. The normalized spacial score (nSPS) is 11.9. The van der Waals surface area contributed by atoms with Gasteiger partial charge in [0.05, 0.1) is 10.9 Å². The average Bonchev–Trinajstić information content (AvgIpc) is 2.66. The second-order valence-corrected chi connectivity index (χ2v) is 6.85. The average molecular weight is 375 g/mol. The number of hydrogen-bond acceptors (Lipinski definition) is 4. The van der Waals surface area contributed by atoms with Crippen molar-refractivity contribution in [3.8, 4) is 16.9 Å². The largest absolute Gasteiger partial charge is 0.461 e. The zero-order valence-electron chi connectivity index (χ0n) is 15.2. The number of hydrogen-bond donors (Lipinski definition) is 0. The zero-order valence-corrected chi connectivity index (χ0v) is 16.0. The molecule has 1 atom stereocenters. The fourth-order valence-corrected chi connectivity index (χ4v) is 2.21. The third-order valence-electron chi connectivity index (χ3n) is 3.93. The summed E-state index contributed by atoms with van der Waals surface area (Å²) in [6.45, 7) is 5.90. The van der Waals surface area contributed by atoms with Crippen LogP contribution in [0, 0.1) is 5.92 Å². The molecule has 0 aromatic heterocycles. The summed E-state index contributed by atoms with van der Waals surface area (Å²) in [7, 11) is 0. The number of alkyl halides is 1. The predicted octanol–water partition coefficient (Wildman–Crippen LogP) is 5.09. The minimum Gasteiger partial charge on any atom is -0.461 e. The Morgan fingerprint density at radius 3 is 2.00 bits per heavy atom. The van der Waals surface area contributed by atoms with Crippen molar-refractivity contribution in [2.75, 3.05) is 6.61 Å². The Labute approximate surface area is 159 Å². The van der Waals surface area contributed by atoms with E-state index in [0.29, 0.717) is 17.7 Å². The first-order valence-electron chi connectivity index (χ1n) is 8.63. The van der Waals surface area contributed by atoms with E-state index in [1.54, 1.807) is 31.2 Å². The summed E-state index contributed by atoms with van der Waals surface area (Å²) in [5.41, 5.74) is 2.39. The van der Waals surface area contributed by atoms with E-state index in [0.717, 1.165) is 11.1 Å². The fourth-order valence-electron chi connectivity index (χ4n) is 2.15. The minimum atomic E-state index is -0.385. The topological polar surface area (TPSA) is 52.6 Å². The van der Waals surface area contributed by atoms with Crippen LogP contribution in [0.3, 0.4) is 0 Å². The summed E-state index contributed by atoms with van der Waals surface area (Å²) >= 11 is 6.10. The third-order valence-corrected chi connectivity index (χ3v) is 4.56. The van der Waals surface area contributed by atoms with Gasteiger partial charge in [-0.2, -0.15) is 0 Å². The molecule has 138 valence electrons. The van der Waals surface area contributed by atoms with E-state index in [4.69, 9.17) is 21.1 Å². The second-order valence-electron chi connectivity index (χ2n) is 6.29. The van der Waals surface area contributed by atoms with Gasteiger partial charge in [-0.15, -0.1) is 11.6 Å². The maximum absolute atomic E-state index is 12.1. The predicted molar refractivity (Wildman–Crippen MR) is 103 cm³/mol. The number of esters is 2. The summed E-state index contributed by atoms with van der Waals surface area (Å²) in [5.74, 6) is 0.106. The molecule has 0 saturated heterocycles. The molecule has 2 aromatic rings. The highest BCUT2D eigenvalue weighted by atomic mass is 35.5. The summed E-state index contributed by atoms with van der Waals surface area (Å²) in [6, 6.07) is 14.4. The monoisotopic (exact) mass is 374 g/mol. The molecule has 5 heteroatoms. The lowest BCUT2D eigenvalue weighted by atomic mass is 10.0. The second kappa shape index (κ2) is 9.39. The van der Waals surface area contributed by atoms with Crippen LogP contribution < -0.4 is 4.74 Å². The number of carbonyl (C=O) groups is 2. The molecule has 26 heavy (non-hydrogen) atoms. The first-order valence-corrected chi connectivity index (χ1v) is 9.06. The highest BCUT2D eigenvalue weighted by Gasteiger charge is 2.14. The molecule has 0 aliphatic heterocycles. The van der Waals surface area contributed by atoms with E-state index in [9.17, 15) is 9.59 Å². The molecule has 0 aliphatic carbocycles. The van der Waals surface area contributed by atoms with E-state index in [1.165, 1.54) is 0 Å². The first kappa shape index (κ1) is 20.0. The van der Waals surface area contributed by atoms with Gasteiger partial charge in [0.25, 0.3) is 0 Å². The van der Waals surface area contributed by atoms with Crippen molar-refractivity contribution >= 4 is 23.5 Å². The molecule has 2 aromatic carbocycles. The molecular weight excluding hydrogens is 352 g/mol. The summed E-state index contributed by atoms with van der Waals surface area (Å²) in [4.78, 5) is 23.4. The van der Waals surface area contributed by atoms with Gasteiger partial charge in [-0.25, -0.2) is 4.79 Å². The van der Waals surface area contributed by atoms with E-state index >= 15 is 0 Å². The van der Waals surface area contributed by atoms with Crippen LogP contribution in [0.25, 0.3) is 11.1 Å². The first-order chi connectivity index (χ1) is 12.4. The Balaban J connectivity index is 2.00. The van der Waals surface area contributed by atoms with Crippen LogP contribution >= 0.6 is 11.6 Å². The molecule has 0 heterocycles. The molecule has 0 saturated carbocycles. The molecule has 1 unspecified atom stereocenters. The fraction of sp³-hybridized carbons (Fsp3) is 0.333. The maximum Gasteiger partial charge on any atom is 0.338 e. The molecule has 4 nitrogen and oxygen atoms in total. The lowest BCUT2D eigenvalue weighted by molar-refractivity contribution is -0.134. The van der Waals surface area contributed by atoms with Crippen LogP contribution in [0.15, 0.2) is 48.5 Å². The van der Waals surface area contributed by atoms with Crippen LogP contribution in [0.2, 0.25) is 0 Å². The number of ether oxygens (including phenoxy) is 2. The van der Waals surface area contributed by atoms with Crippen molar-refractivity contribution in [1.29, 1.82) is 0 Å². The third kappa shape index (κ3) is 5.60. The standard InChI is InChI=1S/C21H23ClO4/c1-4-20(23)26-18-11-9-16(10-12-18)15-5-7-17(8-6-15)21(24)25-13-19(22)14(2)3/h5-12,14,19H,4,13H2,1-3H3. The number of benzene rings is 2. The molecule has 0 amide bonds. The molecule has 2 rings (SSSR count). The SMILES string of the molecule is CCC(=O)Oc1ccc(-c2ccc(C(=O)OCC(Cl)C(C)C)cc2)cc1. The summed E-state index contributed by atoms with van der Waals surface area (Å²) < 4.78 is 10.4. The lowest BCUT2D eigenvalue weighted by Crippen LogP contribution is -2.18. The molecule has 0 fully saturated rings. The van der Waals surface area contributed by atoms with Gasteiger partial charge in [0.2, 0.25) is 0 Å². The summed E-state index contributed by atoms with van der Waals surface area (Å²) in [5, 5.41) is -0.196. The van der Waals surface area contributed by atoms with Gasteiger partial charge in [-0.3, -0.25) is 4.79 Å². The highest BCUT2D eigenvalue weighted by molar-refractivity contribution is 6.21. The van der Waals surface area contributed by atoms with Crippen molar-refractivity contribution in [3.05, 3.63) is 54.1 Å². The molecule has 0 radical (unpaired) electrons. The number of rotatable bonds is 7. The lowest BCUT2D eigenvalue weighted by Gasteiger charge is -2.13.